The van der Waals surface area contributed by atoms with Crippen molar-refractivity contribution in [3.63, 3.8) is 0 Å². The van der Waals surface area contributed by atoms with Gasteiger partial charge in [-0.3, -0.25) is 19.1 Å². The van der Waals surface area contributed by atoms with Gasteiger partial charge in [-0.05, 0) is 86.2 Å². The number of carbonyl (C=O) groups is 1. The molecule has 6 nitrogen and oxygen atoms in total. The molecule has 1 fully saturated rings. The average molecular weight is 489 g/mol. The summed E-state index contributed by atoms with van der Waals surface area (Å²) in [6, 6.07) is 20.8. The number of halogens is 1. The predicted molar refractivity (Wildman–Crippen MR) is 137 cm³/mol. The highest BCUT2D eigenvalue weighted by Crippen LogP contribution is 2.24. The fourth-order valence-electron chi connectivity index (χ4n) is 4.66. The molecule has 0 radical (unpaired) electrons. The number of benzene rings is 3. The van der Waals surface area contributed by atoms with Crippen LogP contribution in [-0.4, -0.2) is 40.0 Å². The molecule has 4 aromatic rings. The summed E-state index contributed by atoms with van der Waals surface area (Å²) in [5.41, 5.74) is 2.23. The van der Waals surface area contributed by atoms with Gasteiger partial charge in [-0.2, -0.15) is 0 Å². The minimum absolute atomic E-state index is 0.108. The molecule has 0 bridgehead atoms. The topological polar surface area (TPSA) is 70.1 Å². The van der Waals surface area contributed by atoms with Crippen molar-refractivity contribution >= 4 is 29.0 Å². The van der Waals surface area contributed by atoms with Crippen molar-refractivity contribution in [2.45, 2.75) is 18.9 Å². The molecule has 5 rings (SSSR count). The molecular weight excluding hydrogens is 463 g/mol. The van der Waals surface area contributed by atoms with Crippen molar-refractivity contribution in [3.8, 4) is 5.69 Å². The lowest BCUT2D eigenvalue weighted by molar-refractivity contribution is 0.0938. The van der Waals surface area contributed by atoms with E-state index in [1.54, 1.807) is 18.2 Å². The third kappa shape index (κ3) is 4.80. The van der Waals surface area contributed by atoms with E-state index >= 15 is 0 Å². The smallest absolute Gasteiger partial charge is 0.266 e. The fraction of sp³-hybridized carbons (Fsp3) is 0.222. The molecular formula is C27H25FN4O2S. The number of rotatable bonds is 6. The Labute approximate surface area is 207 Å². The first kappa shape index (κ1) is 23.1. The summed E-state index contributed by atoms with van der Waals surface area (Å²) in [5, 5.41) is 3.46. The minimum atomic E-state index is -0.396. The highest BCUT2D eigenvalue weighted by Gasteiger charge is 2.24. The van der Waals surface area contributed by atoms with Crippen molar-refractivity contribution in [2.75, 3.05) is 19.6 Å². The van der Waals surface area contributed by atoms with Gasteiger partial charge in [0.15, 0.2) is 4.77 Å². The summed E-state index contributed by atoms with van der Waals surface area (Å²) in [5.74, 6) is -0.610. The molecule has 1 aliphatic rings. The Kier molecular flexibility index (Phi) is 6.57. The molecule has 8 heteroatoms. The van der Waals surface area contributed by atoms with Crippen molar-refractivity contribution < 1.29 is 9.18 Å². The molecule has 178 valence electrons. The number of fused-ring (bicyclic) bond motifs is 1. The Bertz CT molecular complexity index is 1480. The van der Waals surface area contributed by atoms with Gasteiger partial charge in [0.1, 0.15) is 5.82 Å². The molecule has 0 saturated carbocycles. The first-order chi connectivity index (χ1) is 17.0. The van der Waals surface area contributed by atoms with E-state index in [-0.39, 0.29) is 22.3 Å². The molecule has 1 atom stereocenters. The van der Waals surface area contributed by atoms with Gasteiger partial charge in [0.25, 0.3) is 11.5 Å². The second-order valence-corrected chi connectivity index (χ2v) is 9.07. The maximum absolute atomic E-state index is 13.3. The van der Waals surface area contributed by atoms with Crippen LogP contribution in [0.25, 0.3) is 16.6 Å². The first-order valence-electron chi connectivity index (χ1n) is 11.6. The Morgan fingerprint density at radius 3 is 2.46 bits per heavy atom. The van der Waals surface area contributed by atoms with Crippen LogP contribution < -0.4 is 10.9 Å². The summed E-state index contributed by atoms with van der Waals surface area (Å²) in [4.78, 5) is 31.6. The third-order valence-corrected chi connectivity index (χ3v) is 6.75. The molecule has 2 heterocycles. The highest BCUT2D eigenvalue weighted by molar-refractivity contribution is 7.71. The SMILES string of the molecule is O=C(NC[C@@H](c1ccccc1)N1CCCC1)c1ccc2c(=O)n(-c3ccc(F)cc3)c(=S)[nH]c2c1. The van der Waals surface area contributed by atoms with Crippen LogP contribution in [0.15, 0.2) is 77.6 Å². The number of nitrogens with one attached hydrogen (secondary N) is 2. The van der Waals surface area contributed by atoms with Crippen LogP contribution in [0.3, 0.4) is 0 Å². The predicted octanol–water partition coefficient (Wildman–Crippen LogP) is 4.75. The lowest BCUT2D eigenvalue weighted by Crippen LogP contribution is -2.36. The Hall–Kier alpha value is -3.62. The summed E-state index contributed by atoms with van der Waals surface area (Å²) in [6.45, 7) is 2.52. The number of aromatic amines is 1. The summed E-state index contributed by atoms with van der Waals surface area (Å²) in [7, 11) is 0. The van der Waals surface area contributed by atoms with Gasteiger partial charge < -0.3 is 10.3 Å². The molecule has 35 heavy (non-hydrogen) atoms. The molecule has 1 amide bonds. The first-order valence-corrected chi connectivity index (χ1v) is 12.0. The van der Waals surface area contributed by atoms with Crippen LogP contribution in [0.2, 0.25) is 0 Å². The largest absolute Gasteiger partial charge is 0.350 e. The van der Waals surface area contributed by atoms with Crippen LogP contribution in [0.5, 0.6) is 0 Å². The van der Waals surface area contributed by atoms with E-state index in [1.165, 1.54) is 34.4 Å². The summed E-state index contributed by atoms with van der Waals surface area (Å²) >= 11 is 5.40. The Morgan fingerprint density at radius 2 is 1.74 bits per heavy atom. The molecule has 1 saturated heterocycles. The standard InChI is InChI=1S/C27H25FN4O2S/c28-20-9-11-21(12-10-20)32-26(34)22-13-8-19(16-23(22)30-27(32)35)25(33)29-17-24(31-14-4-5-15-31)18-6-2-1-3-7-18/h1-3,6-13,16,24H,4-5,14-15,17H2,(H,29,33)(H,30,35)/t24-/m0/s1. The zero-order valence-electron chi connectivity index (χ0n) is 19.0. The summed E-state index contributed by atoms with van der Waals surface area (Å²) in [6.07, 6.45) is 2.33. The molecule has 1 aliphatic heterocycles. The lowest BCUT2D eigenvalue weighted by atomic mass is 10.1. The Balaban J connectivity index is 1.40. The van der Waals surface area contributed by atoms with E-state index in [0.29, 0.717) is 28.7 Å². The second-order valence-electron chi connectivity index (χ2n) is 8.69. The van der Waals surface area contributed by atoms with E-state index in [1.807, 2.05) is 18.2 Å². The molecule has 0 spiro atoms. The number of hydrogen-bond donors (Lipinski definition) is 2. The van der Waals surface area contributed by atoms with Crippen molar-refractivity contribution in [1.29, 1.82) is 0 Å². The van der Waals surface area contributed by atoms with Gasteiger partial charge in [-0.25, -0.2) is 4.39 Å². The van der Waals surface area contributed by atoms with E-state index < -0.39 is 5.82 Å². The quantitative estimate of drug-likeness (QED) is 0.384. The molecule has 0 unspecified atom stereocenters. The average Bonchev–Trinajstić information content (AvgIpc) is 3.40. The molecule has 3 aromatic carbocycles. The zero-order valence-corrected chi connectivity index (χ0v) is 19.9. The number of carbonyl (C=O) groups excluding carboxylic acids is 1. The van der Waals surface area contributed by atoms with Gasteiger partial charge in [0.2, 0.25) is 0 Å². The van der Waals surface area contributed by atoms with Crippen LogP contribution in [0.4, 0.5) is 4.39 Å². The van der Waals surface area contributed by atoms with Crippen LogP contribution in [0.1, 0.15) is 34.8 Å². The van der Waals surface area contributed by atoms with E-state index in [4.69, 9.17) is 12.2 Å². The van der Waals surface area contributed by atoms with Crippen molar-refractivity contribution in [1.82, 2.24) is 19.8 Å². The van der Waals surface area contributed by atoms with Gasteiger partial charge in [0.05, 0.1) is 22.6 Å². The van der Waals surface area contributed by atoms with Crippen LogP contribution in [-0.2, 0) is 0 Å². The number of likely N-dealkylation sites (tertiary alicyclic amines) is 1. The third-order valence-electron chi connectivity index (χ3n) is 6.47. The number of aromatic nitrogens is 2. The van der Waals surface area contributed by atoms with Gasteiger partial charge in [-0.15, -0.1) is 0 Å². The fourth-order valence-corrected chi connectivity index (χ4v) is 4.96. The van der Waals surface area contributed by atoms with Gasteiger partial charge >= 0.3 is 0 Å². The Morgan fingerprint density at radius 1 is 1.03 bits per heavy atom. The highest BCUT2D eigenvalue weighted by atomic mass is 32.1. The second kappa shape index (κ2) is 9.93. The summed E-state index contributed by atoms with van der Waals surface area (Å²) < 4.78 is 14.8. The van der Waals surface area contributed by atoms with E-state index in [2.05, 4.69) is 27.3 Å². The molecule has 1 aromatic heterocycles. The maximum Gasteiger partial charge on any atom is 0.266 e. The van der Waals surface area contributed by atoms with Gasteiger partial charge in [-0.1, -0.05) is 30.3 Å². The monoisotopic (exact) mass is 488 g/mol. The van der Waals surface area contributed by atoms with Gasteiger partial charge in [0, 0.05) is 12.1 Å². The number of H-pyrrole nitrogens is 1. The number of hydrogen-bond acceptors (Lipinski definition) is 4. The normalized spacial score (nSPS) is 14.8. The molecule has 0 aliphatic carbocycles. The van der Waals surface area contributed by atoms with E-state index in [0.717, 1.165) is 25.9 Å². The van der Waals surface area contributed by atoms with Crippen molar-refractivity contribution in [2.24, 2.45) is 0 Å². The number of nitrogens with zero attached hydrogens (tertiary/aromatic N) is 2. The molecule has 2 N–H and O–H groups in total. The lowest BCUT2D eigenvalue weighted by Gasteiger charge is -2.28. The van der Waals surface area contributed by atoms with Crippen LogP contribution >= 0.6 is 12.2 Å². The van der Waals surface area contributed by atoms with E-state index in [9.17, 15) is 14.0 Å². The number of amides is 1. The maximum atomic E-state index is 13.3. The van der Waals surface area contributed by atoms with Crippen LogP contribution in [0, 0.1) is 10.6 Å². The zero-order chi connectivity index (χ0) is 24.4. The minimum Gasteiger partial charge on any atom is -0.350 e. The van der Waals surface area contributed by atoms with Crippen molar-refractivity contribution in [3.05, 3.63) is 105 Å².